The van der Waals surface area contributed by atoms with Gasteiger partial charge in [0, 0.05) is 6.54 Å². The summed E-state index contributed by atoms with van der Waals surface area (Å²) in [5.74, 6) is -2.39. The number of nitrogens with one attached hydrogen (secondary N) is 1. The Kier molecular flexibility index (Phi) is 4.88. The van der Waals surface area contributed by atoms with Crippen molar-refractivity contribution >= 4 is 16.0 Å². The summed E-state index contributed by atoms with van der Waals surface area (Å²) in [7, 11) is -3.99. The molecule has 0 amide bonds. The maximum atomic E-state index is 13.7. The number of aromatic carboxylic acids is 1. The second kappa shape index (κ2) is 5.88. The van der Waals surface area contributed by atoms with Crippen LogP contribution in [0.3, 0.4) is 0 Å². The summed E-state index contributed by atoms with van der Waals surface area (Å²) in [5, 5.41) is 8.71. The number of carboxylic acid groups (broad SMARTS) is 1. The van der Waals surface area contributed by atoms with Gasteiger partial charge in [-0.3, -0.25) is 0 Å². The van der Waals surface area contributed by atoms with E-state index in [0.29, 0.717) is 6.07 Å². The first-order valence-electron chi connectivity index (χ1n) is 6.11. The van der Waals surface area contributed by atoms with Gasteiger partial charge in [0.2, 0.25) is 10.0 Å². The van der Waals surface area contributed by atoms with Gasteiger partial charge in [-0.2, -0.15) is 0 Å². The molecule has 0 unspecified atom stereocenters. The third-order valence-corrected chi connectivity index (χ3v) is 4.60. The number of hydrogen-bond acceptors (Lipinski definition) is 3. The van der Waals surface area contributed by atoms with Crippen molar-refractivity contribution < 1.29 is 22.7 Å². The molecule has 0 fully saturated rings. The summed E-state index contributed by atoms with van der Waals surface area (Å²) in [6.45, 7) is 5.88. The lowest BCUT2D eigenvalue weighted by atomic mass is 9.91. The van der Waals surface area contributed by atoms with E-state index in [1.807, 2.05) is 20.8 Å². The van der Waals surface area contributed by atoms with Crippen LogP contribution in [0.1, 0.15) is 37.6 Å². The average molecular weight is 303 g/mol. The monoisotopic (exact) mass is 303 g/mol. The Bertz CT molecular complexity index is 611. The van der Waals surface area contributed by atoms with Crippen molar-refractivity contribution in [3.63, 3.8) is 0 Å². The van der Waals surface area contributed by atoms with Crippen molar-refractivity contribution in [1.29, 1.82) is 0 Å². The molecule has 0 atom stereocenters. The smallest absolute Gasteiger partial charge is 0.335 e. The third kappa shape index (κ3) is 4.01. The number of sulfonamides is 1. The van der Waals surface area contributed by atoms with Gasteiger partial charge < -0.3 is 5.11 Å². The molecular formula is C13H18FNO4S. The standard InChI is InChI=1S/C13H18FNO4S/c1-4-13(2,3)8-15-20(18,19)11-6-5-9(12(16)17)7-10(11)14/h5-7,15H,4,8H2,1-3H3,(H,16,17). The van der Waals surface area contributed by atoms with E-state index in [4.69, 9.17) is 5.11 Å². The Morgan fingerprint density at radius 3 is 2.45 bits per heavy atom. The average Bonchev–Trinajstić information content (AvgIpc) is 2.36. The molecule has 0 radical (unpaired) electrons. The lowest BCUT2D eigenvalue weighted by molar-refractivity contribution is 0.0696. The molecule has 2 N–H and O–H groups in total. The highest BCUT2D eigenvalue weighted by atomic mass is 32.2. The van der Waals surface area contributed by atoms with Gasteiger partial charge in [-0.15, -0.1) is 0 Å². The predicted molar refractivity (Wildman–Crippen MR) is 72.6 cm³/mol. The van der Waals surface area contributed by atoms with Crippen LogP contribution in [0.2, 0.25) is 0 Å². The van der Waals surface area contributed by atoms with Crippen molar-refractivity contribution in [2.45, 2.75) is 32.1 Å². The second-order valence-electron chi connectivity index (χ2n) is 5.29. The second-order valence-corrected chi connectivity index (χ2v) is 7.03. The zero-order valence-electron chi connectivity index (χ0n) is 11.6. The number of carboxylic acids is 1. The molecule has 0 saturated carbocycles. The number of rotatable bonds is 6. The van der Waals surface area contributed by atoms with Crippen LogP contribution < -0.4 is 4.72 Å². The summed E-state index contributed by atoms with van der Waals surface area (Å²) in [6.07, 6.45) is 0.760. The molecule has 1 aromatic carbocycles. The first-order valence-corrected chi connectivity index (χ1v) is 7.60. The minimum Gasteiger partial charge on any atom is -0.478 e. The van der Waals surface area contributed by atoms with Crippen molar-refractivity contribution in [3.8, 4) is 0 Å². The van der Waals surface area contributed by atoms with Gasteiger partial charge in [0.1, 0.15) is 10.7 Å². The van der Waals surface area contributed by atoms with E-state index >= 15 is 0 Å². The van der Waals surface area contributed by atoms with Gasteiger partial charge in [0.15, 0.2) is 0 Å². The number of halogens is 1. The Morgan fingerprint density at radius 2 is 2.00 bits per heavy atom. The van der Waals surface area contributed by atoms with Gasteiger partial charge in [-0.05, 0) is 30.0 Å². The molecule has 7 heteroatoms. The van der Waals surface area contributed by atoms with Crippen LogP contribution in [0.25, 0.3) is 0 Å². The molecule has 0 aliphatic carbocycles. The highest BCUT2D eigenvalue weighted by molar-refractivity contribution is 7.89. The highest BCUT2D eigenvalue weighted by Gasteiger charge is 2.24. The van der Waals surface area contributed by atoms with E-state index in [2.05, 4.69) is 4.72 Å². The van der Waals surface area contributed by atoms with Crippen LogP contribution in [0, 0.1) is 11.2 Å². The van der Waals surface area contributed by atoms with Gasteiger partial charge >= 0.3 is 5.97 Å². The van der Waals surface area contributed by atoms with Crippen LogP contribution in [0.5, 0.6) is 0 Å². The van der Waals surface area contributed by atoms with Crippen LogP contribution in [-0.4, -0.2) is 26.0 Å². The van der Waals surface area contributed by atoms with Crippen molar-refractivity contribution in [3.05, 3.63) is 29.6 Å². The SMILES string of the molecule is CCC(C)(C)CNS(=O)(=O)c1ccc(C(=O)O)cc1F. The maximum Gasteiger partial charge on any atom is 0.335 e. The van der Waals surface area contributed by atoms with E-state index in [1.165, 1.54) is 0 Å². The summed E-state index contributed by atoms with van der Waals surface area (Å²) in [6, 6.07) is 2.72. The zero-order valence-corrected chi connectivity index (χ0v) is 12.4. The fraction of sp³-hybridized carbons (Fsp3) is 0.462. The summed E-state index contributed by atoms with van der Waals surface area (Å²) >= 11 is 0. The van der Waals surface area contributed by atoms with Crippen LogP contribution in [0.15, 0.2) is 23.1 Å². The molecule has 0 aliphatic heterocycles. The Morgan fingerprint density at radius 1 is 1.40 bits per heavy atom. The maximum absolute atomic E-state index is 13.7. The Hall–Kier alpha value is -1.47. The first-order chi connectivity index (χ1) is 9.09. The number of benzene rings is 1. The number of hydrogen-bond donors (Lipinski definition) is 2. The molecule has 1 rings (SSSR count). The van der Waals surface area contributed by atoms with E-state index < -0.39 is 26.7 Å². The van der Waals surface area contributed by atoms with Gasteiger partial charge in [-0.1, -0.05) is 20.8 Å². The van der Waals surface area contributed by atoms with Crippen molar-refractivity contribution in [2.75, 3.05) is 6.54 Å². The molecule has 5 nitrogen and oxygen atoms in total. The summed E-state index contributed by atoms with van der Waals surface area (Å²) < 4.78 is 40.1. The molecule has 112 valence electrons. The summed E-state index contributed by atoms with van der Waals surface area (Å²) in [5.41, 5.74) is -0.541. The van der Waals surface area contributed by atoms with Gasteiger partial charge in [-0.25, -0.2) is 22.3 Å². The zero-order chi connectivity index (χ0) is 15.6. The fourth-order valence-corrected chi connectivity index (χ4v) is 2.64. The topological polar surface area (TPSA) is 83.5 Å². The van der Waals surface area contributed by atoms with Crippen LogP contribution in [-0.2, 0) is 10.0 Å². The van der Waals surface area contributed by atoms with Crippen LogP contribution in [0.4, 0.5) is 4.39 Å². The lowest BCUT2D eigenvalue weighted by Gasteiger charge is -2.22. The highest BCUT2D eigenvalue weighted by Crippen LogP contribution is 2.21. The predicted octanol–water partition coefficient (Wildman–Crippen LogP) is 2.24. The molecule has 20 heavy (non-hydrogen) atoms. The van der Waals surface area contributed by atoms with Gasteiger partial charge in [0.25, 0.3) is 0 Å². The van der Waals surface area contributed by atoms with Crippen molar-refractivity contribution in [1.82, 2.24) is 4.72 Å². The Labute approximate surface area is 117 Å². The fourth-order valence-electron chi connectivity index (χ4n) is 1.34. The van der Waals surface area contributed by atoms with E-state index in [1.54, 1.807) is 0 Å². The summed E-state index contributed by atoms with van der Waals surface area (Å²) in [4.78, 5) is 10.1. The normalized spacial score (nSPS) is 12.4. The molecular weight excluding hydrogens is 285 g/mol. The first kappa shape index (κ1) is 16.6. The van der Waals surface area contributed by atoms with E-state index in [-0.39, 0.29) is 17.5 Å². The molecule has 0 heterocycles. The van der Waals surface area contributed by atoms with Gasteiger partial charge in [0.05, 0.1) is 5.56 Å². The molecule has 0 spiro atoms. The molecule has 1 aromatic rings. The van der Waals surface area contributed by atoms with E-state index in [9.17, 15) is 17.6 Å². The molecule has 0 aromatic heterocycles. The van der Waals surface area contributed by atoms with E-state index in [0.717, 1.165) is 18.6 Å². The quantitative estimate of drug-likeness (QED) is 0.844. The van der Waals surface area contributed by atoms with Crippen LogP contribution >= 0.6 is 0 Å². The molecule has 0 bridgehead atoms. The largest absolute Gasteiger partial charge is 0.478 e. The third-order valence-electron chi connectivity index (χ3n) is 3.17. The lowest BCUT2D eigenvalue weighted by Crippen LogP contribution is -2.34. The van der Waals surface area contributed by atoms with Crippen molar-refractivity contribution in [2.24, 2.45) is 5.41 Å². The minimum atomic E-state index is -3.99. The minimum absolute atomic E-state index is 0.173. The molecule has 0 aliphatic rings. The number of carbonyl (C=O) groups is 1. The Balaban J connectivity index is 3.02. The molecule has 0 saturated heterocycles.